The summed E-state index contributed by atoms with van der Waals surface area (Å²) in [7, 11) is 0. The Bertz CT molecular complexity index is 595. The summed E-state index contributed by atoms with van der Waals surface area (Å²) in [6.45, 7) is 8.77. The molecule has 3 heteroatoms. The summed E-state index contributed by atoms with van der Waals surface area (Å²) in [5, 5.41) is 3.11. The molecule has 0 aromatic heterocycles. The maximum absolute atomic E-state index is 13.9. The number of nitrogens with one attached hydrogen (secondary N) is 1. The minimum absolute atomic E-state index is 0.119. The third-order valence-corrected chi connectivity index (χ3v) is 6.47. The summed E-state index contributed by atoms with van der Waals surface area (Å²) in [5.41, 5.74) is 1.43. The molecule has 0 radical (unpaired) electrons. The molecule has 0 heterocycles. The number of aryl methyl sites for hydroxylation is 1. The molecule has 1 aromatic carbocycles. The molecule has 2 bridgehead atoms. The molecule has 2 aliphatic rings. The Balaban J connectivity index is 1.82. The topological polar surface area (TPSA) is 29.1 Å². The first-order valence-corrected chi connectivity index (χ1v) is 7.83. The van der Waals surface area contributed by atoms with E-state index in [1.807, 2.05) is 6.92 Å². The lowest BCUT2D eigenvalue weighted by Gasteiger charge is -2.39. The average Bonchev–Trinajstić information content (AvgIpc) is 2.74. The van der Waals surface area contributed by atoms with E-state index < -0.39 is 5.82 Å². The summed E-state index contributed by atoms with van der Waals surface area (Å²) in [5.74, 6) is -0.0494. The lowest BCUT2D eigenvalue weighted by atomic mass is 9.69. The molecule has 2 nitrogen and oxygen atoms in total. The zero-order valence-corrected chi connectivity index (χ0v) is 13.3. The van der Waals surface area contributed by atoms with Gasteiger partial charge in [0.05, 0.1) is 5.56 Å². The van der Waals surface area contributed by atoms with E-state index in [0.29, 0.717) is 5.92 Å². The summed E-state index contributed by atoms with van der Waals surface area (Å²) in [4.78, 5) is 12.5. The second-order valence-electron chi connectivity index (χ2n) is 7.62. The van der Waals surface area contributed by atoms with Crippen molar-refractivity contribution in [3.05, 3.63) is 35.1 Å². The van der Waals surface area contributed by atoms with E-state index >= 15 is 0 Å². The Morgan fingerprint density at radius 2 is 2.05 bits per heavy atom. The van der Waals surface area contributed by atoms with Gasteiger partial charge in [-0.05, 0) is 55.1 Å². The van der Waals surface area contributed by atoms with Crippen molar-refractivity contribution in [1.29, 1.82) is 0 Å². The van der Waals surface area contributed by atoms with Crippen LogP contribution in [-0.4, -0.2) is 11.9 Å². The molecule has 3 atom stereocenters. The highest BCUT2D eigenvalue weighted by atomic mass is 19.1. The Morgan fingerprint density at radius 3 is 2.62 bits per heavy atom. The normalized spacial score (nSPS) is 33.2. The predicted molar refractivity (Wildman–Crippen MR) is 81.6 cm³/mol. The number of fused-ring (bicyclic) bond motifs is 2. The van der Waals surface area contributed by atoms with Gasteiger partial charge in [0.1, 0.15) is 5.82 Å². The Kier molecular flexibility index (Phi) is 3.16. The Hall–Kier alpha value is -1.38. The summed E-state index contributed by atoms with van der Waals surface area (Å²) < 4.78 is 13.9. The number of halogens is 1. The zero-order chi connectivity index (χ0) is 15.4. The Morgan fingerprint density at radius 1 is 1.33 bits per heavy atom. The van der Waals surface area contributed by atoms with Crippen LogP contribution in [0.25, 0.3) is 0 Å². The maximum atomic E-state index is 13.9. The smallest absolute Gasteiger partial charge is 0.254 e. The van der Waals surface area contributed by atoms with Crippen LogP contribution in [0.1, 0.15) is 56.0 Å². The van der Waals surface area contributed by atoms with Gasteiger partial charge >= 0.3 is 0 Å². The van der Waals surface area contributed by atoms with Crippen LogP contribution in [0.4, 0.5) is 4.39 Å². The number of amides is 1. The molecule has 0 aliphatic heterocycles. The molecule has 21 heavy (non-hydrogen) atoms. The highest BCUT2D eigenvalue weighted by Gasteiger charge is 2.61. The SMILES string of the molecule is Cc1ccc(F)c(C(=O)NC2CC3CCC2(C)C3(C)C)c1. The molecule has 1 N–H and O–H groups in total. The number of hydrogen-bond donors (Lipinski definition) is 1. The first-order valence-electron chi connectivity index (χ1n) is 7.83. The van der Waals surface area contributed by atoms with Crippen molar-refractivity contribution in [3.8, 4) is 0 Å². The number of carbonyl (C=O) groups is 1. The summed E-state index contributed by atoms with van der Waals surface area (Å²) in [6, 6.07) is 4.84. The summed E-state index contributed by atoms with van der Waals surface area (Å²) >= 11 is 0. The highest BCUT2D eigenvalue weighted by Crippen LogP contribution is 2.65. The van der Waals surface area contributed by atoms with E-state index in [4.69, 9.17) is 0 Å². The van der Waals surface area contributed by atoms with Crippen LogP contribution in [0.3, 0.4) is 0 Å². The molecule has 0 spiro atoms. The maximum Gasteiger partial charge on any atom is 0.254 e. The van der Waals surface area contributed by atoms with Crippen LogP contribution in [0, 0.1) is 29.5 Å². The van der Waals surface area contributed by atoms with Crippen LogP contribution < -0.4 is 5.32 Å². The fraction of sp³-hybridized carbons (Fsp3) is 0.611. The third kappa shape index (κ3) is 2.01. The van der Waals surface area contributed by atoms with Crippen LogP contribution >= 0.6 is 0 Å². The van der Waals surface area contributed by atoms with Gasteiger partial charge in [0.15, 0.2) is 0 Å². The first-order chi connectivity index (χ1) is 9.75. The van der Waals surface area contributed by atoms with Crippen molar-refractivity contribution in [1.82, 2.24) is 5.32 Å². The van der Waals surface area contributed by atoms with E-state index in [1.54, 1.807) is 12.1 Å². The van der Waals surface area contributed by atoms with Gasteiger partial charge in [0.2, 0.25) is 0 Å². The molecule has 2 saturated carbocycles. The number of hydrogen-bond acceptors (Lipinski definition) is 1. The molecule has 2 fully saturated rings. The van der Waals surface area contributed by atoms with Gasteiger partial charge in [-0.1, -0.05) is 32.4 Å². The molecule has 1 aromatic rings. The van der Waals surface area contributed by atoms with E-state index in [9.17, 15) is 9.18 Å². The van der Waals surface area contributed by atoms with Crippen LogP contribution in [0.15, 0.2) is 18.2 Å². The third-order valence-electron chi connectivity index (χ3n) is 6.47. The minimum Gasteiger partial charge on any atom is -0.349 e. The van der Waals surface area contributed by atoms with Crippen LogP contribution in [0.5, 0.6) is 0 Å². The van der Waals surface area contributed by atoms with Crippen LogP contribution in [-0.2, 0) is 0 Å². The molecule has 1 amide bonds. The number of rotatable bonds is 2. The second-order valence-corrected chi connectivity index (χ2v) is 7.62. The van der Waals surface area contributed by atoms with Gasteiger partial charge in [-0.25, -0.2) is 4.39 Å². The van der Waals surface area contributed by atoms with E-state index in [-0.39, 0.29) is 28.3 Å². The molecule has 0 saturated heterocycles. The minimum atomic E-state index is -0.439. The summed E-state index contributed by atoms with van der Waals surface area (Å²) in [6.07, 6.45) is 3.41. The van der Waals surface area contributed by atoms with E-state index in [1.165, 1.54) is 12.5 Å². The Labute approximate surface area is 126 Å². The molecule has 2 aliphatic carbocycles. The van der Waals surface area contributed by atoms with Gasteiger partial charge in [-0.3, -0.25) is 4.79 Å². The standard InChI is InChI=1S/C18H24FNO/c1-11-5-6-14(19)13(9-11)16(21)20-15-10-12-7-8-18(15,4)17(12,2)3/h5-6,9,12,15H,7-8,10H2,1-4H3,(H,20,21). The van der Waals surface area contributed by atoms with Crippen molar-refractivity contribution in [2.45, 2.75) is 53.0 Å². The monoisotopic (exact) mass is 289 g/mol. The van der Waals surface area contributed by atoms with Gasteiger partial charge < -0.3 is 5.32 Å². The van der Waals surface area contributed by atoms with Crippen molar-refractivity contribution in [3.63, 3.8) is 0 Å². The number of benzene rings is 1. The van der Waals surface area contributed by atoms with Gasteiger partial charge in [0, 0.05) is 6.04 Å². The van der Waals surface area contributed by atoms with Crippen molar-refractivity contribution < 1.29 is 9.18 Å². The first kappa shape index (κ1) is 14.6. The molecule has 3 rings (SSSR count). The molecular formula is C18H24FNO. The van der Waals surface area contributed by atoms with E-state index in [2.05, 4.69) is 26.1 Å². The second kappa shape index (κ2) is 4.56. The number of carbonyl (C=O) groups excluding carboxylic acids is 1. The molecule has 114 valence electrons. The van der Waals surface area contributed by atoms with Gasteiger partial charge in [-0.2, -0.15) is 0 Å². The predicted octanol–water partition coefficient (Wildman–Crippen LogP) is 4.08. The zero-order valence-electron chi connectivity index (χ0n) is 13.3. The average molecular weight is 289 g/mol. The van der Waals surface area contributed by atoms with E-state index in [0.717, 1.165) is 18.4 Å². The van der Waals surface area contributed by atoms with Gasteiger partial charge in [-0.15, -0.1) is 0 Å². The van der Waals surface area contributed by atoms with Crippen molar-refractivity contribution >= 4 is 5.91 Å². The quantitative estimate of drug-likeness (QED) is 0.873. The fourth-order valence-electron chi connectivity index (χ4n) is 4.47. The largest absolute Gasteiger partial charge is 0.349 e. The highest BCUT2D eigenvalue weighted by molar-refractivity contribution is 5.95. The molecular weight excluding hydrogens is 265 g/mol. The fourth-order valence-corrected chi connectivity index (χ4v) is 4.47. The van der Waals surface area contributed by atoms with Crippen molar-refractivity contribution in [2.75, 3.05) is 0 Å². The lowest BCUT2D eigenvalue weighted by molar-refractivity contribution is 0.0822. The lowest BCUT2D eigenvalue weighted by Crippen LogP contribution is -2.47. The van der Waals surface area contributed by atoms with Crippen molar-refractivity contribution in [2.24, 2.45) is 16.7 Å². The molecule has 3 unspecified atom stereocenters. The van der Waals surface area contributed by atoms with Gasteiger partial charge in [0.25, 0.3) is 5.91 Å². The van der Waals surface area contributed by atoms with Crippen LogP contribution in [0.2, 0.25) is 0 Å².